The first-order valence-electron chi connectivity index (χ1n) is 4.92. The molecular weight excluding hydrogens is 181 g/mol. The minimum absolute atomic E-state index is 0.100. The van der Waals surface area contributed by atoms with Gasteiger partial charge in [-0.05, 0) is 18.9 Å². The van der Waals surface area contributed by atoms with Crippen molar-refractivity contribution < 1.29 is 9.50 Å². The third-order valence-corrected chi connectivity index (χ3v) is 2.67. The molecule has 1 aliphatic rings. The highest BCUT2D eigenvalue weighted by Crippen LogP contribution is 2.29. The fraction of sp³-hybridized carbons (Fsp3) is 0.455. The molecular formula is C11H14FNO. The molecule has 2 rings (SSSR count). The molecule has 0 aromatic heterocycles. The largest absolute Gasteiger partial charge is 0.508 e. The van der Waals surface area contributed by atoms with Gasteiger partial charge in [0.05, 0.1) is 0 Å². The van der Waals surface area contributed by atoms with Crippen LogP contribution in [0.15, 0.2) is 24.3 Å². The number of aromatic hydroxyl groups is 1. The molecule has 0 bridgehead atoms. The Morgan fingerprint density at radius 2 is 2.07 bits per heavy atom. The predicted octanol–water partition coefficient (Wildman–Crippen LogP) is 2.15. The molecule has 2 N–H and O–H groups in total. The van der Waals surface area contributed by atoms with Gasteiger partial charge in [0, 0.05) is 18.2 Å². The number of nitrogens with one attached hydrogen (secondary N) is 1. The Bertz CT molecular complexity index is 308. The maximum Gasteiger partial charge on any atom is 0.120 e. The monoisotopic (exact) mass is 195 g/mol. The van der Waals surface area contributed by atoms with Gasteiger partial charge in [-0.3, -0.25) is 0 Å². The third-order valence-electron chi connectivity index (χ3n) is 2.67. The fourth-order valence-electron chi connectivity index (χ4n) is 1.87. The Morgan fingerprint density at radius 3 is 2.71 bits per heavy atom. The van der Waals surface area contributed by atoms with E-state index in [0.717, 1.165) is 12.0 Å². The molecule has 1 saturated heterocycles. The van der Waals surface area contributed by atoms with Gasteiger partial charge in [-0.25, -0.2) is 4.39 Å². The highest BCUT2D eigenvalue weighted by Gasteiger charge is 2.22. The van der Waals surface area contributed by atoms with Gasteiger partial charge in [0.1, 0.15) is 11.9 Å². The molecule has 1 aromatic carbocycles. The standard InChI is InChI=1S/C11H14FNO/c12-8-5-6-10(13-7-8)9-3-1-2-4-11(9)14/h1-4,8,10,13-14H,5-7H2. The molecule has 0 saturated carbocycles. The zero-order valence-corrected chi connectivity index (χ0v) is 7.91. The minimum atomic E-state index is -0.739. The van der Waals surface area contributed by atoms with E-state index in [1.54, 1.807) is 12.1 Å². The van der Waals surface area contributed by atoms with Crippen molar-refractivity contribution >= 4 is 0 Å². The van der Waals surface area contributed by atoms with Gasteiger partial charge in [-0.1, -0.05) is 18.2 Å². The molecule has 14 heavy (non-hydrogen) atoms. The quantitative estimate of drug-likeness (QED) is 0.719. The number of rotatable bonds is 1. The molecule has 3 heteroatoms. The number of phenols is 1. The molecule has 0 spiro atoms. The van der Waals surface area contributed by atoms with Gasteiger partial charge in [-0.2, -0.15) is 0 Å². The van der Waals surface area contributed by atoms with E-state index >= 15 is 0 Å². The highest BCUT2D eigenvalue weighted by molar-refractivity contribution is 5.34. The Labute approximate surface area is 82.8 Å². The summed E-state index contributed by atoms with van der Waals surface area (Å²) < 4.78 is 12.8. The van der Waals surface area contributed by atoms with E-state index in [0.29, 0.717) is 18.7 Å². The SMILES string of the molecule is Oc1ccccc1C1CCC(F)CN1. The lowest BCUT2D eigenvalue weighted by molar-refractivity contribution is 0.232. The van der Waals surface area contributed by atoms with Crippen molar-refractivity contribution in [3.8, 4) is 5.75 Å². The van der Waals surface area contributed by atoms with Gasteiger partial charge in [0.25, 0.3) is 0 Å². The van der Waals surface area contributed by atoms with Crippen LogP contribution in [-0.4, -0.2) is 17.8 Å². The van der Waals surface area contributed by atoms with Crippen molar-refractivity contribution in [2.24, 2.45) is 0 Å². The molecule has 1 aliphatic heterocycles. The first-order valence-corrected chi connectivity index (χ1v) is 4.92. The summed E-state index contributed by atoms with van der Waals surface area (Å²) in [4.78, 5) is 0. The van der Waals surface area contributed by atoms with E-state index < -0.39 is 6.17 Å². The summed E-state index contributed by atoms with van der Waals surface area (Å²) in [5.74, 6) is 0.294. The Balaban J connectivity index is 2.12. The summed E-state index contributed by atoms with van der Waals surface area (Å²) in [5.41, 5.74) is 0.874. The number of hydrogen-bond acceptors (Lipinski definition) is 2. The van der Waals surface area contributed by atoms with Crippen LogP contribution in [-0.2, 0) is 0 Å². The average molecular weight is 195 g/mol. The van der Waals surface area contributed by atoms with Crippen molar-refractivity contribution in [2.45, 2.75) is 25.1 Å². The zero-order valence-electron chi connectivity index (χ0n) is 7.91. The lowest BCUT2D eigenvalue weighted by Gasteiger charge is -2.26. The van der Waals surface area contributed by atoms with Gasteiger partial charge in [-0.15, -0.1) is 0 Å². The van der Waals surface area contributed by atoms with Crippen LogP contribution < -0.4 is 5.32 Å². The number of halogens is 1. The number of para-hydroxylation sites is 1. The van der Waals surface area contributed by atoms with Crippen LogP contribution >= 0.6 is 0 Å². The van der Waals surface area contributed by atoms with E-state index in [2.05, 4.69) is 5.32 Å². The molecule has 2 nitrogen and oxygen atoms in total. The number of phenolic OH excluding ortho intramolecular Hbond substituents is 1. The average Bonchev–Trinajstić information content (AvgIpc) is 2.20. The second kappa shape index (κ2) is 3.96. The summed E-state index contributed by atoms with van der Waals surface area (Å²) >= 11 is 0. The van der Waals surface area contributed by atoms with E-state index in [1.165, 1.54) is 0 Å². The topological polar surface area (TPSA) is 32.3 Å². The van der Waals surface area contributed by atoms with Crippen molar-refractivity contribution in [3.05, 3.63) is 29.8 Å². The predicted molar refractivity (Wildman–Crippen MR) is 53.0 cm³/mol. The van der Waals surface area contributed by atoms with E-state index in [4.69, 9.17) is 0 Å². The second-order valence-corrected chi connectivity index (χ2v) is 3.69. The third kappa shape index (κ3) is 1.87. The molecule has 1 heterocycles. The minimum Gasteiger partial charge on any atom is -0.508 e. The van der Waals surface area contributed by atoms with Crippen molar-refractivity contribution in [1.29, 1.82) is 0 Å². The highest BCUT2D eigenvalue weighted by atomic mass is 19.1. The summed E-state index contributed by atoms with van der Waals surface area (Å²) in [6.07, 6.45) is 0.585. The van der Waals surface area contributed by atoms with Gasteiger partial charge < -0.3 is 10.4 Å². The molecule has 2 atom stereocenters. The van der Waals surface area contributed by atoms with Crippen LogP contribution in [0, 0.1) is 0 Å². The molecule has 0 radical (unpaired) electrons. The van der Waals surface area contributed by atoms with Crippen LogP contribution in [0.2, 0.25) is 0 Å². The fourth-order valence-corrected chi connectivity index (χ4v) is 1.87. The molecule has 0 aliphatic carbocycles. The first kappa shape index (κ1) is 9.46. The smallest absolute Gasteiger partial charge is 0.120 e. The summed E-state index contributed by atoms with van der Waals surface area (Å²) in [7, 11) is 0. The maximum absolute atomic E-state index is 12.8. The summed E-state index contributed by atoms with van der Waals surface area (Å²) in [5, 5.41) is 12.7. The number of alkyl halides is 1. The van der Waals surface area contributed by atoms with E-state index in [-0.39, 0.29) is 6.04 Å². The normalized spacial score (nSPS) is 27.5. The van der Waals surface area contributed by atoms with E-state index in [9.17, 15) is 9.50 Å². The van der Waals surface area contributed by atoms with Crippen LogP contribution in [0.3, 0.4) is 0 Å². The van der Waals surface area contributed by atoms with Crippen LogP contribution in [0.1, 0.15) is 24.4 Å². The van der Waals surface area contributed by atoms with Gasteiger partial charge in [0.15, 0.2) is 0 Å². The molecule has 2 unspecified atom stereocenters. The van der Waals surface area contributed by atoms with Crippen LogP contribution in [0.25, 0.3) is 0 Å². The van der Waals surface area contributed by atoms with E-state index in [1.807, 2.05) is 12.1 Å². The summed E-state index contributed by atoms with van der Waals surface area (Å²) in [6, 6.07) is 7.32. The van der Waals surface area contributed by atoms with Crippen molar-refractivity contribution in [2.75, 3.05) is 6.54 Å². The first-order chi connectivity index (χ1) is 6.77. The summed E-state index contributed by atoms with van der Waals surface area (Å²) in [6.45, 7) is 0.388. The van der Waals surface area contributed by atoms with Crippen molar-refractivity contribution in [1.82, 2.24) is 5.32 Å². The van der Waals surface area contributed by atoms with Gasteiger partial charge >= 0.3 is 0 Å². The van der Waals surface area contributed by atoms with Crippen molar-refractivity contribution in [3.63, 3.8) is 0 Å². The van der Waals surface area contributed by atoms with Crippen LogP contribution in [0.4, 0.5) is 4.39 Å². The second-order valence-electron chi connectivity index (χ2n) is 3.69. The lowest BCUT2D eigenvalue weighted by Crippen LogP contribution is -2.34. The lowest BCUT2D eigenvalue weighted by atomic mass is 9.96. The number of benzene rings is 1. The Morgan fingerprint density at radius 1 is 1.29 bits per heavy atom. The van der Waals surface area contributed by atoms with Gasteiger partial charge in [0.2, 0.25) is 0 Å². The van der Waals surface area contributed by atoms with Crippen LogP contribution in [0.5, 0.6) is 5.75 Å². The number of piperidine rings is 1. The Kier molecular flexibility index (Phi) is 2.68. The zero-order chi connectivity index (χ0) is 9.97. The molecule has 0 amide bonds. The molecule has 1 fully saturated rings. The molecule has 1 aromatic rings. The number of hydrogen-bond donors (Lipinski definition) is 2. The molecule has 76 valence electrons. The maximum atomic E-state index is 12.8. The Hall–Kier alpha value is -1.09.